The Morgan fingerprint density at radius 2 is 1.92 bits per heavy atom. The van der Waals surface area contributed by atoms with E-state index < -0.39 is 15.9 Å². The third-order valence-corrected chi connectivity index (χ3v) is 7.86. The van der Waals surface area contributed by atoms with E-state index in [1.54, 1.807) is 41.2 Å². The maximum atomic E-state index is 13.8. The highest BCUT2D eigenvalue weighted by molar-refractivity contribution is 7.89. The number of rotatable bonds is 7. The fourth-order valence-electron chi connectivity index (χ4n) is 4.33. The van der Waals surface area contributed by atoms with Crippen molar-refractivity contribution < 1.29 is 22.8 Å². The first-order valence-corrected chi connectivity index (χ1v) is 13.5. The van der Waals surface area contributed by atoms with Gasteiger partial charge in [0.05, 0.1) is 12.4 Å². The Labute approximate surface area is 217 Å². The van der Waals surface area contributed by atoms with Crippen LogP contribution in [0.5, 0.6) is 5.75 Å². The van der Waals surface area contributed by atoms with Crippen molar-refractivity contribution in [2.24, 2.45) is 5.92 Å². The summed E-state index contributed by atoms with van der Waals surface area (Å²) in [6, 6.07) is 12.7. The number of hydrogen-bond donors (Lipinski definition) is 1. The summed E-state index contributed by atoms with van der Waals surface area (Å²) in [6.07, 6.45) is 6.03. The molecule has 0 unspecified atom stereocenters. The van der Waals surface area contributed by atoms with Crippen LogP contribution in [0.2, 0.25) is 0 Å². The maximum Gasteiger partial charge on any atom is 0.302 e. The number of aromatic nitrogens is 6. The molecule has 0 spiro atoms. The topological polar surface area (TPSA) is 145 Å². The van der Waals surface area contributed by atoms with Crippen molar-refractivity contribution in [3.05, 3.63) is 72.7 Å². The summed E-state index contributed by atoms with van der Waals surface area (Å²) in [6.45, 7) is 2.01. The number of aromatic amines is 1. The molecule has 0 radical (unpaired) electrons. The number of hydroxylamine groups is 1. The maximum absolute atomic E-state index is 13.8. The number of carbonyl (C=O) groups is 1. The van der Waals surface area contributed by atoms with Gasteiger partial charge in [-0.3, -0.25) is 4.79 Å². The zero-order chi connectivity index (χ0) is 26.1. The third-order valence-electron chi connectivity index (χ3n) is 6.37. The molecule has 0 aliphatic carbocycles. The van der Waals surface area contributed by atoms with E-state index in [0.717, 1.165) is 12.8 Å². The molecular weight excluding hydrogens is 510 g/mol. The minimum absolute atomic E-state index is 0.0707. The van der Waals surface area contributed by atoms with Crippen molar-refractivity contribution in [1.82, 2.24) is 34.4 Å². The van der Waals surface area contributed by atoms with Crippen molar-refractivity contribution in [2.75, 3.05) is 13.2 Å². The summed E-state index contributed by atoms with van der Waals surface area (Å²) in [4.78, 5) is 30.3. The molecule has 6 rings (SSSR count). The van der Waals surface area contributed by atoms with Crippen LogP contribution in [-0.2, 0) is 21.3 Å². The van der Waals surface area contributed by atoms with Crippen LogP contribution in [0.3, 0.4) is 0 Å². The van der Waals surface area contributed by atoms with Crippen LogP contribution in [0.25, 0.3) is 22.2 Å². The van der Waals surface area contributed by atoms with Gasteiger partial charge in [0, 0.05) is 36.9 Å². The first-order valence-electron chi connectivity index (χ1n) is 12.0. The van der Waals surface area contributed by atoms with Gasteiger partial charge in [-0.2, -0.15) is 8.42 Å². The summed E-state index contributed by atoms with van der Waals surface area (Å²) in [5.41, 5.74) is 1.47. The van der Waals surface area contributed by atoms with Crippen molar-refractivity contribution in [3.8, 4) is 5.75 Å². The Morgan fingerprint density at radius 1 is 1.11 bits per heavy atom. The van der Waals surface area contributed by atoms with Crippen LogP contribution in [0.1, 0.15) is 23.2 Å². The second-order valence-electron chi connectivity index (χ2n) is 8.92. The molecule has 1 aromatic carbocycles. The zero-order valence-electron chi connectivity index (χ0n) is 20.1. The highest BCUT2D eigenvalue weighted by Gasteiger charge is 2.34. The van der Waals surface area contributed by atoms with Crippen molar-refractivity contribution >= 4 is 38.1 Å². The molecule has 13 heteroatoms. The van der Waals surface area contributed by atoms with E-state index >= 15 is 0 Å². The Kier molecular flexibility index (Phi) is 6.21. The molecule has 0 atom stereocenters. The highest BCUT2D eigenvalue weighted by Crippen LogP contribution is 2.25. The zero-order valence-corrected chi connectivity index (χ0v) is 20.9. The largest absolute Gasteiger partial charge is 0.381 e. The molecule has 194 valence electrons. The standard InChI is InChI=1S/C25H23N7O5S/c33-25(18-4-2-1-3-5-18)32(37-20-12-19-6-9-26-23(19)27-14-20)38(34,35)21-13-22-24(28-15-21)31(30-29-22)16-17-7-10-36-11-8-17/h1-6,9,12-15,17H,7-8,10-11,16H2,(H,26,27). The molecule has 1 aliphatic rings. The second kappa shape index (κ2) is 9.84. The fourth-order valence-corrected chi connectivity index (χ4v) is 5.47. The summed E-state index contributed by atoms with van der Waals surface area (Å²) in [7, 11) is -4.53. The SMILES string of the molecule is O=C(c1ccccc1)N(Oc1cnc2[nH]ccc2c1)S(=O)(=O)c1cnc2c(c1)nnn2CC1CCOCC1. The highest BCUT2D eigenvalue weighted by atomic mass is 32.2. The van der Waals surface area contributed by atoms with E-state index in [0.29, 0.717) is 52.3 Å². The number of carbonyl (C=O) groups excluding carboxylic acids is 1. The van der Waals surface area contributed by atoms with Crippen LogP contribution in [0.4, 0.5) is 0 Å². The number of nitrogens with zero attached hydrogens (tertiary/aromatic N) is 6. The Balaban J connectivity index is 1.35. The molecule has 4 aromatic heterocycles. The molecule has 1 amide bonds. The summed E-state index contributed by atoms with van der Waals surface area (Å²) >= 11 is 0. The van der Waals surface area contributed by atoms with Crippen LogP contribution < -0.4 is 4.84 Å². The summed E-state index contributed by atoms with van der Waals surface area (Å²) < 4.78 is 35.0. The third kappa shape index (κ3) is 4.57. The van der Waals surface area contributed by atoms with Gasteiger partial charge in [0.2, 0.25) is 0 Å². The van der Waals surface area contributed by atoms with Gasteiger partial charge in [0.15, 0.2) is 11.4 Å². The number of fused-ring (bicyclic) bond motifs is 2. The fraction of sp³-hybridized carbons (Fsp3) is 0.240. The number of hydrogen-bond acceptors (Lipinski definition) is 9. The molecular formula is C25H23N7O5S. The minimum atomic E-state index is -4.53. The Morgan fingerprint density at radius 3 is 2.74 bits per heavy atom. The lowest BCUT2D eigenvalue weighted by Gasteiger charge is -2.22. The van der Waals surface area contributed by atoms with Gasteiger partial charge in [-0.1, -0.05) is 27.9 Å². The molecule has 38 heavy (non-hydrogen) atoms. The average Bonchev–Trinajstić information content (AvgIpc) is 3.58. The number of benzene rings is 1. The second-order valence-corrected chi connectivity index (χ2v) is 10.7. The lowest BCUT2D eigenvalue weighted by molar-refractivity contribution is 0.0256. The molecule has 1 N–H and O–H groups in total. The molecule has 5 aromatic rings. The number of amides is 1. The summed E-state index contributed by atoms with van der Waals surface area (Å²) in [5, 5.41) is 9.00. The number of nitrogens with one attached hydrogen (secondary N) is 1. The number of ether oxygens (including phenoxy) is 1. The van der Waals surface area contributed by atoms with Gasteiger partial charge in [-0.15, -0.1) is 5.10 Å². The van der Waals surface area contributed by atoms with Gasteiger partial charge < -0.3 is 14.6 Å². The molecule has 1 fully saturated rings. The van der Waals surface area contributed by atoms with Crippen molar-refractivity contribution in [3.63, 3.8) is 0 Å². The number of pyridine rings is 2. The Hall–Kier alpha value is -4.36. The van der Waals surface area contributed by atoms with Gasteiger partial charge in [-0.05, 0) is 49.1 Å². The van der Waals surface area contributed by atoms with Crippen LogP contribution in [0.15, 0.2) is 72.0 Å². The van der Waals surface area contributed by atoms with Gasteiger partial charge in [0.25, 0.3) is 10.0 Å². The van der Waals surface area contributed by atoms with Gasteiger partial charge in [0.1, 0.15) is 16.1 Å². The van der Waals surface area contributed by atoms with Gasteiger partial charge >= 0.3 is 5.91 Å². The molecule has 0 bridgehead atoms. The monoisotopic (exact) mass is 533 g/mol. The normalized spacial score (nSPS) is 14.6. The minimum Gasteiger partial charge on any atom is -0.381 e. The number of sulfonamides is 1. The van der Waals surface area contributed by atoms with E-state index in [-0.39, 0.29) is 16.2 Å². The molecule has 0 saturated carbocycles. The Bertz CT molecular complexity index is 1710. The van der Waals surface area contributed by atoms with E-state index in [2.05, 4.69) is 25.3 Å². The predicted octanol–water partition coefficient (Wildman–Crippen LogP) is 2.95. The van der Waals surface area contributed by atoms with E-state index in [4.69, 9.17) is 9.57 Å². The molecule has 5 heterocycles. The first-order chi connectivity index (χ1) is 18.5. The quantitative estimate of drug-likeness (QED) is 0.312. The van der Waals surface area contributed by atoms with Crippen molar-refractivity contribution in [1.29, 1.82) is 0 Å². The van der Waals surface area contributed by atoms with Crippen LogP contribution in [-0.4, -0.2) is 62.0 Å². The smallest absolute Gasteiger partial charge is 0.302 e. The van der Waals surface area contributed by atoms with E-state index in [9.17, 15) is 13.2 Å². The predicted molar refractivity (Wildman–Crippen MR) is 135 cm³/mol. The average molecular weight is 534 g/mol. The first kappa shape index (κ1) is 24.0. The molecule has 1 aliphatic heterocycles. The van der Waals surface area contributed by atoms with Crippen LogP contribution >= 0.6 is 0 Å². The summed E-state index contributed by atoms with van der Waals surface area (Å²) in [5.74, 6) is -0.429. The number of H-pyrrole nitrogens is 1. The van der Waals surface area contributed by atoms with Crippen molar-refractivity contribution in [2.45, 2.75) is 24.3 Å². The molecule has 1 saturated heterocycles. The van der Waals surface area contributed by atoms with E-state index in [1.807, 2.05) is 0 Å². The lowest BCUT2D eigenvalue weighted by atomic mass is 10.0. The van der Waals surface area contributed by atoms with Gasteiger partial charge in [-0.25, -0.2) is 14.6 Å². The van der Waals surface area contributed by atoms with E-state index in [1.165, 1.54) is 30.6 Å². The molecule has 12 nitrogen and oxygen atoms in total. The van der Waals surface area contributed by atoms with Crippen LogP contribution in [0, 0.1) is 5.92 Å². The lowest BCUT2D eigenvalue weighted by Crippen LogP contribution is -2.39.